The molecule has 0 unspecified atom stereocenters. The molecular formula is C76H125Br5N12O10. The van der Waals surface area contributed by atoms with E-state index in [1.807, 2.05) is 112 Å². The standard InChI is InChI=1S/C17H27N3O2.C13H19BrN2O2.C13H19N3O2.C10H11Br2NO2.C6H3Br2NO2.C6H15N.C4H9N.C4H10.3CH4/c1-6-20(5)15-11-12(16(21)22-17(2,3)4)10-14(19-15)18-13-8-7-9-13;1-6-16(5)11-8-9(7-10(14)15-11)12(17)18-13(2,3)4;1-3-16(2)12-8-9(13(17)18)7-11(15-12)14-10-5-4-6-10;1-10(2,3)15-9(14)6-4-7(11)13-8(12)5-6;7-4-1-3(6(10)11)2-5(8)9-4;1-4-7(5-2)6-3;5-4-2-1-3-4;1-3-4-2;;;/h10-11,13H,6-9H2,1-5H3,(H,18,19);7-8H,6H2,1-5H3;7-8,10H,3-6H2,1-2H3,(H,14,15)(H,17,18);4-5H,1-3H3;1-2H,(H,10,11);4-6H2,1-3H3;4H,1-3,5H2;3-4H2,1-2H3;3*1H4. The van der Waals surface area contributed by atoms with Gasteiger partial charge in [0.25, 0.3) is 0 Å². The van der Waals surface area contributed by atoms with Gasteiger partial charge in [-0.05, 0) is 294 Å². The fraction of sp³-hybridized carbons (Fsp3) is 0.605. The zero-order valence-corrected chi connectivity index (χ0v) is 70.6. The highest BCUT2D eigenvalue weighted by Crippen LogP contribution is 2.28. The van der Waals surface area contributed by atoms with Gasteiger partial charge in [0, 0.05) is 58.9 Å². The number of carbonyl (C=O) groups excluding carboxylic acids is 3. The number of carboxylic acid groups (broad SMARTS) is 2. The van der Waals surface area contributed by atoms with Gasteiger partial charge in [0.15, 0.2) is 0 Å². The Morgan fingerprint density at radius 3 is 0.893 bits per heavy atom. The van der Waals surface area contributed by atoms with Crippen molar-refractivity contribution in [3.05, 3.63) is 111 Å². The molecule has 3 aliphatic carbocycles. The molecule has 3 saturated carbocycles. The normalized spacial score (nSPS) is 12.7. The quantitative estimate of drug-likeness (QED) is 0.0292. The zero-order valence-electron chi connectivity index (χ0n) is 62.7. The van der Waals surface area contributed by atoms with Crippen LogP contribution in [0.4, 0.5) is 29.1 Å². The lowest BCUT2D eigenvalue weighted by molar-refractivity contribution is 0.00567. The number of hydrogen-bond acceptors (Lipinski definition) is 20. The molecule has 0 atom stereocenters. The molecule has 0 saturated heterocycles. The maximum Gasteiger partial charge on any atom is 0.338 e. The molecule has 3 fully saturated rings. The van der Waals surface area contributed by atoms with Gasteiger partial charge in [-0.25, -0.2) is 48.9 Å². The highest BCUT2D eigenvalue weighted by atomic mass is 79.9. The fourth-order valence-electron chi connectivity index (χ4n) is 7.91. The van der Waals surface area contributed by atoms with Crippen LogP contribution in [0.3, 0.4) is 0 Å². The first-order chi connectivity index (χ1) is 46.6. The maximum atomic E-state index is 12.3. The van der Waals surface area contributed by atoms with Gasteiger partial charge in [0.05, 0.1) is 27.8 Å². The first kappa shape index (κ1) is 102. The van der Waals surface area contributed by atoms with E-state index in [4.69, 9.17) is 30.2 Å². The summed E-state index contributed by atoms with van der Waals surface area (Å²) in [5.41, 5.74) is 5.90. The summed E-state index contributed by atoms with van der Waals surface area (Å²) in [4.78, 5) is 87.1. The summed E-state index contributed by atoms with van der Waals surface area (Å²) in [6.45, 7) is 39.7. The molecular weight excluding hydrogens is 1640 g/mol. The molecule has 8 rings (SSSR count). The Balaban J connectivity index is -0.00000115. The van der Waals surface area contributed by atoms with Crippen LogP contribution in [0.5, 0.6) is 0 Å². The lowest BCUT2D eigenvalue weighted by atomic mass is 9.93. The number of halogens is 5. The predicted molar refractivity (Wildman–Crippen MR) is 445 cm³/mol. The molecule has 584 valence electrons. The number of anilines is 5. The second kappa shape index (κ2) is 51.6. The first-order valence-corrected chi connectivity index (χ1v) is 38.3. The lowest BCUT2D eigenvalue weighted by Crippen LogP contribution is -2.29. The van der Waals surface area contributed by atoms with Gasteiger partial charge in [-0.1, -0.05) is 76.2 Å². The van der Waals surface area contributed by atoms with Crippen LogP contribution in [0.25, 0.3) is 0 Å². The Labute approximate surface area is 660 Å². The maximum absolute atomic E-state index is 12.3. The van der Waals surface area contributed by atoms with Crippen molar-refractivity contribution in [2.75, 3.05) is 85.7 Å². The summed E-state index contributed by atoms with van der Waals surface area (Å²) < 4.78 is 18.9. The minimum atomic E-state index is -0.964. The highest BCUT2D eigenvalue weighted by molar-refractivity contribution is 9.11. The smallest absolute Gasteiger partial charge is 0.338 e. The number of pyridine rings is 5. The largest absolute Gasteiger partial charge is 0.478 e. The third-order valence-electron chi connectivity index (χ3n) is 14.8. The molecule has 103 heavy (non-hydrogen) atoms. The molecule has 22 nitrogen and oxygen atoms in total. The molecule has 5 aromatic heterocycles. The van der Waals surface area contributed by atoms with Crippen molar-refractivity contribution < 1.29 is 48.4 Å². The molecule has 0 spiro atoms. The Kier molecular flexibility index (Phi) is 50.9. The van der Waals surface area contributed by atoms with E-state index in [1.54, 1.807) is 48.5 Å². The summed E-state index contributed by atoms with van der Waals surface area (Å²) >= 11 is 15.9. The number of aromatic nitrogens is 5. The van der Waals surface area contributed by atoms with E-state index < -0.39 is 28.7 Å². The van der Waals surface area contributed by atoms with Gasteiger partial charge in [0.2, 0.25) is 0 Å². The monoisotopic (exact) mass is 1760 g/mol. The summed E-state index contributed by atoms with van der Waals surface area (Å²) in [6, 6.07) is 17.8. The van der Waals surface area contributed by atoms with Crippen molar-refractivity contribution in [2.45, 2.75) is 246 Å². The van der Waals surface area contributed by atoms with Crippen molar-refractivity contribution in [1.29, 1.82) is 0 Å². The van der Waals surface area contributed by atoms with Crippen molar-refractivity contribution in [3.8, 4) is 0 Å². The van der Waals surface area contributed by atoms with Crippen LogP contribution in [0.2, 0.25) is 0 Å². The second-order valence-corrected chi connectivity index (χ2v) is 30.8. The Morgan fingerprint density at radius 2 is 0.660 bits per heavy atom. The van der Waals surface area contributed by atoms with Gasteiger partial charge in [-0.2, -0.15) is 0 Å². The number of aromatic carboxylic acids is 2. The number of nitrogens with two attached hydrogens (primary N) is 1. The average molecular weight is 1770 g/mol. The van der Waals surface area contributed by atoms with E-state index >= 15 is 0 Å². The topological polar surface area (TPSA) is 281 Å². The predicted octanol–water partition coefficient (Wildman–Crippen LogP) is 20.3. The van der Waals surface area contributed by atoms with Gasteiger partial charge in [0.1, 0.15) is 68.9 Å². The number of carboxylic acids is 2. The average Bonchev–Trinajstić information content (AvgIpc) is 0.837. The van der Waals surface area contributed by atoms with E-state index in [1.165, 1.54) is 76.7 Å². The molecule has 5 aromatic rings. The van der Waals surface area contributed by atoms with E-state index in [0.29, 0.717) is 69.5 Å². The summed E-state index contributed by atoms with van der Waals surface area (Å²) in [7, 11) is 5.79. The second-order valence-electron chi connectivity index (χ2n) is 26.8. The SMILES string of the molecule is C.C.C.CC(C)(C)OC(=O)c1cc(Br)nc(Br)c1.CCCC.CCN(C)c1cc(C(=O)O)cc(NC2CCC2)n1.CCN(C)c1cc(C(=O)OC(C)(C)C)cc(Br)n1.CCN(C)c1cc(C(=O)OC(C)(C)C)cc(NC2CCC2)n1.CCN(CC)CC.NC1CCC1.O=C(O)c1cc(Br)nc(Br)c1. The molecule has 5 heterocycles. The number of carbonyl (C=O) groups is 5. The third-order valence-corrected chi connectivity index (χ3v) is 16.9. The van der Waals surface area contributed by atoms with Crippen LogP contribution in [0.1, 0.15) is 262 Å². The van der Waals surface area contributed by atoms with Gasteiger partial charge in [-0.15, -0.1) is 0 Å². The Hall–Kier alpha value is -5.58. The van der Waals surface area contributed by atoms with E-state index in [2.05, 4.69) is 162 Å². The Bertz CT molecular complexity index is 3250. The van der Waals surface area contributed by atoms with Gasteiger partial charge in [-0.3, -0.25) is 0 Å². The van der Waals surface area contributed by atoms with E-state index in [-0.39, 0.29) is 51.3 Å². The summed E-state index contributed by atoms with van der Waals surface area (Å²) in [5.74, 6) is 0.756. The molecule has 27 heteroatoms. The molecule has 0 aromatic carbocycles. The van der Waals surface area contributed by atoms with Crippen molar-refractivity contribution in [1.82, 2.24) is 29.8 Å². The van der Waals surface area contributed by atoms with Crippen LogP contribution in [-0.2, 0) is 14.2 Å². The minimum Gasteiger partial charge on any atom is -0.478 e. The molecule has 0 aliphatic heterocycles. The number of nitrogens with one attached hydrogen (secondary N) is 2. The molecule has 0 bridgehead atoms. The lowest BCUT2D eigenvalue weighted by Gasteiger charge is -2.28. The third kappa shape index (κ3) is 43.6. The van der Waals surface area contributed by atoms with Crippen LogP contribution in [0.15, 0.2) is 83.7 Å². The van der Waals surface area contributed by atoms with Crippen molar-refractivity contribution in [3.63, 3.8) is 0 Å². The zero-order chi connectivity index (χ0) is 76.3. The molecule has 0 radical (unpaired) electrons. The van der Waals surface area contributed by atoms with Crippen LogP contribution >= 0.6 is 79.6 Å². The Morgan fingerprint density at radius 1 is 0.417 bits per heavy atom. The van der Waals surface area contributed by atoms with E-state index in [9.17, 15) is 24.0 Å². The van der Waals surface area contributed by atoms with Crippen LogP contribution < -0.4 is 31.1 Å². The van der Waals surface area contributed by atoms with E-state index in [0.717, 1.165) is 62.8 Å². The number of nitrogens with zero attached hydrogens (tertiary/aromatic N) is 9. The summed E-state index contributed by atoms with van der Waals surface area (Å²) in [6.07, 6.45) is 13.6. The van der Waals surface area contributed by atoms with Crippen LogP contribution in [-0.4, -0.2) is 165 Å². The number of ether oxygens (including phenoxy) is 3. The van der Waals surface area contributed by atoms with Crippen molar-refractivity contribution >= 4 is 139 Å². The molecule has 6 N–H and O–H groups in total. The van der Waals surface area contributed by atoms with Crippen molar-refractivity contribution in [2.24, 2.45) is 5.73 Å². The number of hydrogen-bond donors (Lipinski definition) is 5. The number of rotatable bonds is 19. The van der Waals surface area contributed by atoms with Gasteiger partial charge < -0.3 is 60.4 Å². The number of esters is 3. The minimum absolute atomic E-state index is 0. The van der Waals surface area contributed by atoms with Crippen LogP contribution in [0, 0.1) is 0 Å². The first-order valence-electron chi connectivity index (χ1n) is 34.3. The summed E-state index contributed by atoms with van der Waals surface area (Å²) in [5, 5.41) is 24.4. The fourth-order valence-corrected chi connectivity index (χ4v) is 10.6. The number of unbranched alkanes of at least 4 members (excludes halogenated alkanes) is 1. The molecule has 0 amide bonds. The molecule has 3 aliphatic rings. The van der Waals surface area contributed by atoms with Gasteiger partial charge >= 0.3 is 29.8 Å². The highest BCUT2D eigenvalue weighted by Gasteiger charge is 2.25.